The smallest absolute Gasteiger partial charge is 0.256 e. The number of alkyl halides is 1. The van der Waals surface area contributed by atoms with Crippen LogP contribution in [-0.4, -0.2) is 23.2 Å². The van der Waals surface area contributed by atoms with E-state index in [0.29, 0.717) is 12.8 Å². The van der Waals surface area contributed by atoms with Crippen LogP contribution in [0.2, 0.25) is 0 Å². The van der Waals surface area contributed by atoms with E-state index in [-0.39, 0.29) is 29.4 Å². The number of benzene rings is 1. The van der Waals surface area contributed by atoms with Gasteiger partial charge in [-0.1, -0.05) is 72.3 Å². The Bertz CT molecular complexity index is 622. The molecule has 1 heterocycles. The Labute approximate surface area is 152 Å². The molecule has 0 aromatic heterocycles. The maximum atomic E-state index is 13.0. The highest BCUT2D eigenvalue weighted by Gasteiger charge is 2.41. The second kappa shape index (κ2) is 9.07. The first-order valence-electron chi connectivity index (χ1n) is 8.41. The van der Waals surface area contributed by atoms with Gasteiger partial charge >= 0.3 is 0 Å². The topological polar surface area (TPSA) is 46.5 Å². The highest BCUT2D eigenvalue weighted by Crippen LogP contribution is 2.30. The lowest BCUT2D eigenvalue weighted by molar-refractivity contribution is -0.135. The number of hydrogen-bond acceptors (Lipinski definition) is 2. The fourth-order valence-electron chi connectivity index (χ4n) is 3.16. The molecule has 1 aliphatic rings. The van der Waals surface area contributed by atoms with Gasteiger partial charge in [-0.05, 0) is 24.3 Å². The summed E-state index contributed by atoms with van der Waals surface area (Å²) in [5.41, 5.74) is 1.13. The van der Waals surface area contributed by atoms with Gasteiger partial charge in [0.15, 0.2) is 0 Å². The van der Waals surface area contributed by atoms with Gasteiger partial charge < -0.3 is 0 Å². The van der Waals surface area contributed by atoms with Gasteiger partial charge in [-0.15, -0.1) is 0 Å². The van der Waals surface area contributed by atoms with Crippen molar-refractivity contribution in [1.29, 1.82) is 0 Å². The average Bonchev–Trinajstić information content (AvgIpc) is 2.92. The fourth-order valence-corrected chi connectivity index (χ4v) is 3.43. The standard InChI is InChI=1S/C20H24BrNO2/c1-14(2)17(10-6-7-11-21)19(23)18-16(13-22-20(18)24)12-15-8-4-3-5-9-15/h3-9,13-14,16-18H,10-12H2,1-2H3/t16-,17+,18-/m1/s1. The van der Waals surface area contributed by atoms with Crippen molar-refractivity contribution in [2.24, 2.45) is 28.7 Å². The Morgan fingerprint density at radius 3 is 2.58 bits per heavy atom. The van der Waals surface area contributed by atoms with Gasteiger partial charge in [0.05, 0.1) is 0 Å². The normalized spacial score (nSPS) is 21.8. The number of halogens is 1. The summed E-state index contributed by atoms with van der Waals surface area (Å²) in [6, 6.07) is 9.96. The first-order valence-corrected chi connectivity index (χ1v) is 9.53. The van der Waals surface area contributed by atoms with Crippen LogP contribution in [0, 0.1) is 23.7 Å². The van der Waals surface area contributed by atoms with Crippen LogP contribution in [0.4, 0.5) is 0 Å². The molecular weight excluding hydrogens is 366 g/mol. The molecule has 0 unspecified atom stereocenters. The van der Waals surface area contributed by atoms with Crippen molar-refractivity contribution >= 4 is 33.8 Å². The highest BCUT2D eigenvalue weighted by atomic mass is 79.9. The molecule has 0 spiro atoms. The van der Waals surface area contributed by atoms with Crippen molar-refractivity contribution in [3.63, 3.8) is 0 Å². The number of carbonyl (C=O) groups is 2. The predicted octanol–water partition coefficient (Wildman–Crippen LogP) is 4.26. The first-order chi connectivity index (χ1) is 11.5. The van der Waals surface area contributed by atoms with E-state index in [1.54, 1.807) is 6.21 Å². The van der Waals surface area contributed by atoms with Gasteiger partial charge in [0.25, 0.3) is 5.91 Å². The number of amides is 1. The number of aliphatic imine (C=N–C) groups is 1. The van der Waals surface area contributed by atoms with E-state index in [1.807, 2.05) is 56.3 Å². The third-order valence-corrected chi connectivity index (χ3v) is 4.90. The minimum Gasteiger partial charge on any atom is -0.298 e. The lowest BCUT2D eigenvalue weighted by Crippen LogP contribution is -2.35. The number of hydrogen-bond donors (Lipinski definition) is 0. The molecule has 1 aromatic rings. The Hall–Kier alpha value is -1.55. The second-order valence-electron chi connectivity index (χ2n) is 6.56. The van der Waals surface area contributed by atoms with Crippen LogP contribution in [0.15, 0.2) is 47.5 Å². The molecule has 3 atom stereocenters. The molecule has 4 heteroatoms. The van der Waals surface area contributed by atoms with E-state index in [1.165, 1.54) is 0 Å². The van der Waals surface area contributed by atoms with Gasteiger partial charge in [0, 0.05) is 23.4 Å². The van der Waals surface area contributed by atoms with E-state index in [0.717, 1.165) is 10.9 Å². The first kappa shape index (κ1) is 18.8. The van der Waals surface area contributed by atoms with Crippen molar-refractivity contribution in [3.8, 4) is 0 Å². The van der Waals surface area contributed by atoms with Crippen molar-refractivity contribution in [3.05, 3.63) is 48.0 Å². The molecule has 2 rings (SSSR count). The largest absolute Gasteiger partial charge is 0.298 e. The Kier molecular flexibility index (Phi) is 7.10. The van der Waals surface area contributed by atoms with E-state index in [2.05, 4.69) is 20.9 Å². The molecular formula is C20H24BrNO2. The number of Topliss-reactive ketones (excluding diaryl/α,β-unsaturated/α-hetero) is 1. The van der Waals surface area contributed by atoms with Crippen LogP contribution in [-0.2, 0) is 16.0 Å². The summed E-state index contributed by atoms with van der Waals surface area (Å²) in [7, 11) is 0. The second-order valence-corrected chi connectivity index (χ2v) is 7.21. The van der Waals surface area contributed by atoms with Crippen LogP contribution in [0.3, 0.4) is 0 Å². The third kappa shape index (κ3) is 4.73. The van der Waals surface area contributed by atoms with Crippen LogP contribution in [0.5, 0.6) is 0 Å². The Morgan fingerprint density at radius 2 is 1.96 bits per heavy atom. The van der Waals surface area contributed by atoms with Crippen LogP contribution in [0.1, 0.15) is 25.8 Å². The van der Waals surface area contributed by atoms with Crippen molar-refractivity contribution in [2.45, 2.75) is 26.7 Å². The quantitative estimate of drug-likeness (QED) is 0.378. The van der Waals surface area contributed by atoms with Gasteiger partial charge in [-0.2, -0.15) is 0 Å². The zero-order chi connectivity index (χ0) is 17.5. The maximum Gasteiger partial charge on any atom is 0.256 e. The van der Waals surface area contributed by atoms with Crippen LogP contribution < -0.4 is 0 Å². The van der Waals surface area contributed by atoms with Crippen LogP contribution >= 0.6 is 15.9 Å². The molecule has 3 nitrogen and oxygen atoms in total. The average molecular weight is 390 g/mol. The number of carbonyl (C=O) groups excluding carboxylic acids is 2. The molecule has 0 fully saturated rings. The van der Waals surface area contributed by atoms with E-state index >= 15 is 0 Å². The Morgan fingerprint density at radius 1 is 1.25 bits per heavy atom. The Balaban J connectivity index is 2.14. The summed E-state index contributed by atoms with van der Waals surface area (Å²) in [5, 5.41) is 0.772. The molecule has 0 radical (unpaired) electrons. The van der Waals surface area contributed by atoms with E-state index in [4.69, 9.17) is 0 Å². The molecule has 0 saturated carbocycles. The third-order valence-electron chi connectivity index (χ3n) is 4.52. The molecule has 1 amide bonds. The zero-order valence-electron chi connectivity index (χ0n) is 14.2. The maximum absolute atomic E-state index is 13.0. The number of ketones is 1. The van der Waals surface area contributed by atoms with E-state index < -0.39 is 5.92 Å². The molecule has 24 heavy (non-hydrogen) atoms. The fraction of sp³-hybridized carbons (Fsp3) is 0.450. The lowest BCUT2D eigenvalue weighted by atomic mass is 9.77. The van der Waals surface area contributed by atoms with E-state index in [9.17, 15) is 9.59 Å². The lowest BCUT2D eigenvalue weighted by Gasteiger charge is -2.24. The molecule has 128 valence electrons. The molecule has 0 saturated heterocycles. The van der Waals surface area contributed by atoms with Crippen LogP contribution in [0.25, 0.3) is 0 Å². The molecule has 1 aliphatic heterocycles. The predicted molar refractivity (Wildman–Crippen MR) is 102 cm³/mol. The minimum absolute atomic E-state index is 0.0349. The monoisotopic (exact) mass is 389 g/mol. The number of rotatable bonds is 8. The SMILES string of the molecule is CC(C)[C@H](CC=CCBr)C(=O)[C@@H]1C(=O)N=C[C@H]1Cc1ccccc1. The summed E-state index contributed by atoms with van der Waals surface area (Å²) in [5.74, 6) is -0.954. The summed E-state index contributed by atoms with van der Waals surface area (Å²) < 4.78 is 0. The molecule has 0 aliphatic carbocycles. The minimum atomic E-state index is -0.630. The summed E-state index contributed by atoms with van der Waals surface area (Å²) in [4.78, 5) is 29.2. The van der Waals surface area contributed by atoms with Crippen molar-refractivity contribution in [2.75, 3.05) is 5.33 Å². The number of allylic oxidation sites excluding steroid dienone is 2. The molecule has 1 aromatic carbocycles. The summed E-state index contributed by atoms with van der Waals surface area (Å²) >= 11 is 3.35. The van der Waals surface area contributed by atoms with Gasteiger partial charge in [0.2, 0.25) is 0 Å². The van der Waals surface area contributed by atoms with Crippen molar-refractivity contribution < 1.29 is 9.59 Å². The zero-order valence-corrected chi connectivity index (χ0v) is 15.8. The van der Waals surface area contributed by atoms with Crippen molar-refractivity contribution in [1.82, 2.24) is 0 Å². The van der Waals surface area contributed by atoms with Gasteiger partial charge in [-0.3, -0.25) is 9.59 Å². The van der Waals surface area contributed by atoms with Gasteiger partial charge in [-0.25, -0.2) is 4.99 Å². The molecule has 0 bridgehead atoms. The summed E-state index contributed by atoms with van der Waals surface area (Å²) in [6.07, 6.45) is 7.03. The molecule has 0 N–H and O–H groups in total. The number of nitrogens with zero attached hydrogens (tertiary/aromatic N) is 1. The summed E-state index contributed by atoms with van der Waals surface area (Å²) in [6.45, 7) is 4.08. The van der Waals surface area contributed by atoms with Gasteiger partial charge in [0.1, 0.15) is 11.7 Å². The highest BCUT2D eigenvalue weighted by molar-refractivity contribution is 9.09.